The number of halogens is 3. The van der Waals surface area contributed by atoms with E-state index >= 15 is 0 Å². The van der Waals surface area contributed by atoms with Gasteiger partial charge in [0.2, 0.25) is 9.84 Å². The lowest BCUT2D eigenvalue weighted by molar-refractivity contribution is -0.505. The lowest BCUT2D eigenvalue weighted by Gasteiger charge is -2.37. The molecule has 4 rings (SSSR count). The minimum absolute atomic E-state index is 0.0822. The van der Waals surface area contributed by atoms with Crippen LogP contribution in [0.2, 0.25) is 0 Å². The molecular formula is C24H20F3N3O5S. The molecule has 2 atom stereocenters. The fraction of sp³-hybridized carbons (Fsp3) is 0.208. The summed E-state index contributed by atoms with van der Waals surface area (Å²) >= 11 is 0. The average Bonchev–Trinajstić information content (AvgIpc) is 2.84. The Hall–Kier alpha value is -3.93. The van der Waals surface area contributed by atoms with Crippen molar-refractivity contribution in [3.05, 3.63) is 106 Å². The van der Waals surface area contributed by atoms with E-state index in [2.05, 4.69) is 5.32 Å². The first kappa shape index (κ1) is 25.2. The summed E-state index contributed by atoms with van der Waals surface area (Å²) in [7, 11) is -4.58. The van der Waals surface area contributed by atoms with E-state index in [1.165, 1.54) is 36.4 Å². The maximum atomic E-state index is 13.4. The third-order valence-electron chi connectivity index (χ3n) is 5.90. The van der Waals surface area contributed by atoms with Gasteiger partial charge in [0.25, 0.3) is 0 Å². The van der Waals surface area contributed by atoms with E-state index in [9.17, 15) is 36.5 Å². The van der Waals surface area contributed by atoms with Gasteiger partial charge in [0, 0.05) is 17.2 Å². The van der Waals surface area contributed by atoms with Gasteiger partial charge < -0.3 is 10.2 Å². The minimum atomic E-state index is -4.65. The van der Waals surface area contributed by atoms with Gasteiger partial charge in [-0.3, -0.25) is 10.1 Å². The van der Waals surface area contributed by atoms with Crippen molar-refractivity contribution in [1.82, 2.24) is 4.90 Å². The van der Waals surface area contributed by atoms with Gasteiger partial charge >= 0.3 is 17.6 Å². The number of hydrogen-bond donors (Lipinski definition) is 1. The SMILES string of the molecule is O=C(Nc1cccc(C(F)(F)F)c1)N1CCc2ccccc2[C@H]1[C@@H]([N+](=O)[O-])S(=O)(=O)c1ccccc1. The molecule has 12 heteroatoms. The second-order valence-electron chi connectivity index (χ2n) is 8.13. The van der Waals surface area contributed by atoms with E-state index in [1.807, 2.05) is 0 Å². The van der Waals surface area contributed by atoms with Crippen molar-refractivity contribution in [1.29, 1.82) is 0 Å². The molecule has 1 N–H and O–H groups in total. The Morgan fingerprint density at radius 3 is 2.36 bits per heavy atom. The van der Waals surface area contributed by atoms with Crippen LogP contribution in [0.25, 0.3) is 0 Å². The predicted octanol–water partition coefficient (Wildman–Crippen LogP) is 4.91. The van der Waals surface area contributed by atoms with Crippen LogP contribution in [0.4, 0.5) is 23.7 Å². The fourth-order valence-corrected chi connectivity index (χ4v) is 5.93. The monoisotopic (exact) mass is 519 g/mol. The summed E-state index contributed by atoms with van der Waals surface area (Å²) in [5, 5.41) is 12.3. The Bertz CT molecular complexity index is 1400. The van der Waals surface area contributed by atoms with Crippen molar-refractivity contribution in [2.24, 2.45) is 0 Å². The van der Waals surface area contributed by atoms with Crippen LogP contribution in [0.5, 0.6) is 0 Å². The first-order valence-electron chi connectivity index (χ1n) is 10.8. The molecule has 1 aliphatic rings. The zero-order valence-corrected chi connectivity index (χ0v) is 19.4. The minimum Gasteiger partial charge on any atom is -0.309 e. The van der Waals surface area contributed by atoms with Crippen molar-refractivity contribution in [2.45, 2.75) is 28.9 Å². The number of rotatable bonds is 5. The zero-order valence-electron chi connectivity index (χ0n) is 18.6. The first-order chi connectivity index (χ1) is 17.0. The average molecular weight is 520 g/mol. The number of anilines is 1. The van der Waals surface area contributed by atoms with Gasteiger partial charge in [0.05, 0.1) is 10.5 Å². The van der Waals surface area contributed by atoms with Crippen LogP contribution in [0, 0.1) is 10.1 Å². The summed E-state index contributed by atoms with van der Waals surface area (Å²) in [4.78, 5) is 25.3. The molecule has 0 saturated heterocycles. The second-order valence-corrected chi connectivity index (χ2v) is 10.2. The number of nitrogens with one attached hydrogen (secondary N) is 1. The van der Waals surface area contributed by atoms with Gasteiger partial charge in [-0.15, -0.1) is 0 Å². The number of fused-ring (bicyclic) bond motifs is 1. The lowest BCUT2D eigenvalue weighted by atomic mass is 9.92. The fourth-order valence-electron chi connectivity index (χ4n) is 4.25. The summed E-state index contributed by atoms with van der Waals surface area (Å²) in [6.07, 6.45) is -4.37. The van der Waals surface area contributed by atoms with E-state index in [4.69, 9.17) is 0 Å². The summed E-state index contributed by atoms with van der Waals surface area (Å²) in [5.41, 5.74) is -0.253. The van der Waals surface area contributed by atoms with Gasteiger partial charge in [-0.1, -0.05) is 48.5 Å². The molecule has 0 aliphatic carbocycles. The molecule has 36 heavy (non-hydrogen) atoms. The van der Waals surface area contributed by atoms with E-state index in [0.717, 1.165) is 23.1 Å². The number of carbonyl (C=O) groups is 1. The van der Waals surface area contributed by atoms with Crippen molar-refractivity contribution >= 4 is 21.6 Å². The van der Waals surface area contributed by atoms with E-state index < -0.39 is 43.9 Å². The third kappa shape index (κ3) is 4.89. The number of sulfone groups is 1. The molecule has 3 aromatic rings. The smallest absolute Gasteiger partial charge is 0.309 e. The van der Waals surface area contributed by atoms with Crippen molar-refractivity contribution < 1.29 is 31.3 Å². The molecule has 0 saturated carbocycles. The van der Waals surface area contributed by atoms with Crippen LogP contribution in [0.3, 0.4) is 0 Å². The van der Waals surface area contributed by atoms with Crippen LogP contribution < -0.4 is 5.32 Å². The van der Waals surface area contributed by atoms with Crippen LogP contribution in [0.15, 0.2) is 83.8 Å². The van der Waals surface area contributed by atoms with Gasteiger partial charge in [-0.25, -0.2) is 13.2 Å². The van der Waals surface area contributed by atoms with E-state index in [1.54, 1.807) is 24.3 Å². The standard InChI is InChI=1S/C24H20F3N3O5S/c25-24(26,27)17-8-6-9-18(15-17)28-23(31)29-14-13-16-7-4-5-12-20(16)21(29)22(30(32)33)36(34,35)19-10-2-1-3-11-19/h1-12,15,21-22H,13-14H2,(H,28,31)/t21-,22-/m0/s1. The van der Waals surface area contributed by atoms with Crippen molar-refractivity contribution in [3.8, 4) is 0 Å². The maximum Gasteiger partial charge on any atom is 0.416 e. The maximum absolute atomic E-state index is 13.4. The molecule has 0 spiro atoms. The Morgan fingerprint density at radius 2 is 1.69 bits per heavy atom. The van der Waals surface area contributed by atoms with Gasteiger partial charge in [0.1, 0.15) is 6.04 Å². The molecule has 0 radical (unpaired) electrons. The highest BCUT2D eigenvalue weighted by atomic mass is 32.2. The number of hydrogen-bond acceptors (Lipinski definition) is 5. The Morgan fingerprint density at radius 1 is 1.03 bits per heavy atom. The largest absolute Gasteiger partial charge is 0.416 e. The number of nitro groups is 1. The molecule has 1 heterocycles. The van der Waals surface area contributed by atoms with Crippen LogP contribution in [0.1, 0.15) is 22.7 Å². The molecule has 8 nitrogen and oxygen atoms in total. The predicted molar refractivity (Wildman–Crippen MR) is 124 cm³/mol. The van der Waals surface area contributed by atoms with E-state index in [0.29, 0.717) is 5.56 Å². The van der Waals surface area contributed by atoms with Gasteiger partial charge in [0.15, 0.2) is 0 Å². The Kier molecular flexibility index (Phi) is 6.72. The molecular weight excluding hydrogens is 499 g/mol. The first-order valence-corrected chi connectivity index (χ1v) is 12.3. The highest BCUT2D eigenvalue weighted by Crippen LogP contribution is 2.38. The Balaban J connectivity index is 1.77. The number of urea groups is 1. The topological polar surface area (TPSA) is 110 Å². The van der Waals surface area contributed by atoms with Crippen LogP contribution in [-0.2, 0) is 22.4 Å². The molecule has 0 bridgehead atoms. The number of carbonyl (C=O) groups excluding carboxylic acids is 1. The number of benzene rings is 3. The van der Waals surface area contributed by atoms with Crippen molar-refractivity contribution in [2.75, 3.05) is 11.9 Å². The lowest BCUT2D eigenvalue weighted by Crippen LogP contribution is -2.51. The van der Waals surface area contributed by atoms with Gasteiger partial charge in [-0.05, 0) is 47.9 Å². The molecule has 0 fully saturated rings. The summed E-state index contributed by atoms with van der Waals surface area (Å²) < 4.78 is 66.2. The highest BCUT2D eigenvalue weighted by molar-refractivity contribution is 7.91. The normalized spacial score (nSPS) is 16.6. The summed E-state index contributed by atoms with van der Waals surface area (Å²) in [6, 6.07) is 14.8. The van der Waals surface area contributed by atoms with Crippen LogP contribution >= 0.6 is 0 Å². The number of amides is 2. The summed E-state index contributed by atoms with van der Waals surface area (Å²) in [5.74, 6) is 0. The number of nitrogens with zero attached hydrogens (tertiary/aromatic N) is 2. The molecule has 2 amide bonds. The van der Waals surface area contributed by atoms with Crippen molar-refractivity contribution in [3.63, 3.8) is 0 Å². The van der Waals surface area contributed by atoms with Crippen LogP contribution in [-0.4, -0.2) is 36.2 Å². The molecule has 188 valence electrons. The molecule has 3 aromatic carbocycles. The molecule has 1 aliphatic heterocycles. The molecule has 0 unspecified atom stereocenters. The summed E-state index contributed by atoms with van der Waals surface area (Å²) in [6.45, 7) is -0.0822. The second kappa shape index (κ2) is 9.61. The Labute approximate surface area is 204 Å². The third-order valence-corrected chi connectivity index (χ3v) is 7.90. The number of alkyl halides is 3. The van der Waals surface area contributed by atoms with E-state index in [-0.39, 0.29) is 29.1 Å². The quantitative estimate of drug-likeness (QED) is 0.380. The molecule has 0 aromatic heterocycles. The highest BCUT2D eigenvalue weighted by Gasteiger charge is 2.51. The van der Waals surface area contributed by atoms with Gasteiger partial charge in [-0.2, -0.15) is 13.2 Å². The zero-order chi connectivity index (χ0) is 26.1.